The second-order valence-electron chi connectivity index (χ2n) is 4.19. The van der Waals surface area contributed by atoms with Gasteiger partial charge in [0.05, 0.1) is 0 Å². The number of carbonyl (C=O) groups excluding carboxylic acids is 2. The number of rotatable bonds is 4. The molecule has 0 spiro atoms. The molecular weight excluding hydrogens is 166 g/mol. The van der Waals surface area contributed by atoms with Crippen LogP contribution in [0.1, 0.15) is 40.5 Å². The molecule has 0 saturated heterocycles. The molecule has 0 atom stereocenters. The molecule has 0 aliphatic heterocycles. The highest BCUT2D eigenvalue weighted by molar-refractivity contribution is 6.37. The van der Waals surface area contributed by atoms with Crippen LogP contribution in [0.25, 0.3) is 0 Å². The van der Waals surface area contributed by atoms with Gasteiger partial charge in [0, 0.05) is 12.0 Å². The van der Waals surface area contributed by atoms with Gasteiger partial charge in [0.1, 0.15) is 0 Å². The molecule has 0 aromatic heterocycles. The second kappa shape index (κ2) is 5.00. The number of amides is 1. The summed E-state index contributed by atoms with van der Waals surface area (Å²) in [4.78, 5) is 22.6. The van der Waals surface area contributed by atoms with E-state index in [1.165, 1.54) is 0 Å². The van der Waals surface area contributed by atoms with Crippen molar-refractivity contribution in [1.29, 1.82) is 0 Å². The summed E-state index contributed by atoms with van der Waals surface area (Å²) in [6.07, 6.45) is 1.94. The average Bonchev–Trinajstić information content (AvgIpc) is 2.01. The highest BCUT2D eigenvalue weighted by Crippen LogP contribution is 2.13. The molecule has 3 heteroatoms. The van der Waals surface area contributed by atoms with Crippen LogP contribution in [0.4, 0.5) is 0 Å². The highest BCUT2D eigenvalue weighted by Gasteiger charge is 2.27. The van der Waals surface area contributed by atoms with Crippen molar-refractivity contribution < 1.29 is 9.59 Å². The highest BCUT2D eigenvalue weighted by atomic mass is 16.2. The van der Waals surface area contributed by atoms with Gasteiger partial charge in [0.15, 0.2) is 0 Å². The third-order valence-electron chi connectivity index (χ3n) is 1.70. The predicted octanol–water partition coefficient (Wildman–Crippen LogP) is 1.52. The van der Waals surface area contributed by atoms with Crippen molar-refractivity contribution in [1.82, 2.24) is 5.32 Å². The molecule has 0 unspecified atom stereocenters. The number of nitrogens with one attached hydrogen (secondary N) is 1. The lowest BCUT2D eigenvalue weighted by Gasteiger charge is -2.15. The zero-order valence-corrected chi connectivity index (χ0v) is 8.94. The molecule has 3 nitrogen and oxygen atoms in total. The molecule has 0 fully saturated rings. The molecule has 0 aliphatic rings. The minimum absolute atomic E-state index is 0.344. The van der Waals surface area contributed by atoms with Crippen LogP contribution < -0.4 is 5.32 Å². The number of carbonyl (C=O) groups is 2. The fourth-order valence-corrected chi connectivity index (χ4v) is 0.800. The van der Waals surface area contributed by atoms with Crippen LogP contribution >= 0.6 is 0 Å². The van der Waals surface area contributed by atoms with Crippen LogP contribution in [0.15, 0.2) is 0 Å². The summed E-state index contributed by atoms with van der Waals surface area (Å²) >= 11 is 0. The van der Waals surface area contributed by atoms with Gasteiger partial charge in [-0.3, -0.25) is 9.59 Å². The zero-order valence-electron chi connectivity index (χ0n) is 8.94. The summed E-state index contributed by atoms with van der Waals surface area (Å²) in [6.45, 7) is 7.87. The number of unbranched alkanes of at least 4 members (excludes halogenated alkanes) is 1. The molecule has 0 heterocycles. The Balaban J connectivity index is 3.92. The first-order valence-electron chi connectivity index (χ1n) is 4.72. The van der Waals surface area contributed by atoms with Gasteiger partial charge in [-0.05, 0) is 6.42 Å². The van der Waals surface area contributed by atoms with Gasteiger partial charge in [-0.25, -0.2) is 0 Å². The number of hydrogen-bond acceptors (Lipinski definition) is 2. The maximum atomic E-state index is 11.3. The van der Waals surface area contributed by atoms with Gasteiger partial charge in [-0.15, -0.1) is 0 Å². The van der Waals surface area contributed by atoms with Gasteiger partial charge < -0.3 is 5.32 Å². The Labute approximate surface area is 79.9 Å². The Bertz CT molecular complexity index is 192. The van der Waals surface area contributed by atoms with E-state index in [0.717, 1.165) is 12.8 Å². The Kier molecular flexibility index (Phi) is 4.67. The quantitative estimate of drug-likeness (QED) is 0.533. The third kappa shape index (κ3) is 4.65. The predicted molar refractivity (Wildman–Crippen MR) is 52.4 cm³/mol. The maximum absolute atomic E-state index is 11.3. The third-order valence-corrected chi connectivity index (χ3v) is 1.70. The molecule has 1 N–H and O–H groups in total. The summed E-state index contributed by atoms with van der Waals surface area (Å²) in [7, 11) is 0. The molecule has 13 heavy (non-hydrogen) atoms. The van der Waals surface area contributed by atoms with Gasteiger partial charge in [-0.2, -0.15) is 0 Å². The van der Waals surface area contributed by atoms with E-state index in [9.17, 15) is 9.59 Å². The molecule has 0 saturated carbocycles. The van der Waals surface area contributed by atoms with Crippen molar-refractivity contribution in [3.05, 3.63) is 0 Å². The SMILES string of the molecule is CCCCNC(=O)C(=O)C(C)(C)C. The minimum Gasteiger partial charge on any atom is -0.349 e. The average molecular weight is 185 g/mol. The maximum Gasteiger partial charge on any atom is 0.287 e. The summed E-state index contributed by atoms with van der Waals surface area (Å²) in [5.74, 6) is -0.801. The lowest BCUT2D eigenvalue weighted by Crippen LogP contribution is -2.38. The van der Waals surface area contributed by atoms with Crippen molar-refractivity contribution in [2.45, 2.75) is 40.5 Å². The molecule has 0 radical (unpaired) electrons. The molecule has 0 aromatic rings. The van der Waals surface area contributed by atoms with Crippen LogP contribution in [0, 0.1) is 5.41 Å². The van der Waals surface area contributed by atoms with Crippen LogP contribution in [0.2, 0.25) is 0 Å². The van der Waals surface area contributed by atoms with E-state index in [-0.39, 0.29) is 5.78 Å². The topological polar surface area (TPSA) is 46.2 Å². The van der Waals surface area contributed by atoms with Crippen molar-refractivity contribution >= 4 is 11.7 Å². The van der Waals surface area contributed by atoms with Crippen molar-refractivity contribution in [3.8, 4) is 0 Å². The Hall–Kier alpha value is -0.860. The smallest absolute Gasteiger partial charge is 0.287 e. The monoisotopic (exact) mass is 185 g/mol. The summed E-state index contributed by atoms with van der Waals surface area (Å²) < 4.78 is 0. The van der Waals surface area contributed by atoms with E-state index in [2.05, 4.69) is 5.32 Å². The fourth-order valence-electron chi connectivity index (χ4n) is 0.800. The van der Waals surface area contributed by atoms with Crippen LogP contribution in [0.3, 0.4) is 0 Å². The minimum atomic E-state index is -0.573. The lowest BCUT2D eigenvalue weighted by atomic mass is 9.90. The second-order valence-corrected chi connectivity index (χ2v) is 4.19. The Morgan fingerprint density at radius 1 is 1.23 bits per heavy atom. The van der Waals surface area contributed by atoms with Gasteiger partial charge in [0.25, 0.3) is 5.91 Å². The molecule has 0 rings (SSSR count). The first kappa shape index (κ1) is 12.1. The van der Waals surface area contributed by atoms with E-state index < -0.39 is 11.3 Å². The van der Waals surface area contributed by atoms with E-state index in [1.54, 1.807) is 20.8 Å². The number of Topliss-reactive ketones (excluding diaryl/α,β-unsaturated/α-hetero) is 1. The van der Waals surface area contributed by atoms with E-state index >= 15 is 0 Å². The molecular formula is C10H19NO2. The van der Waals surface area contributed by atoms with E-state index in [0.29, 0.717) is 6.54 Å². The van der Waals surface area contributed by atoms with E-state index in [4.69, 9.17) is 0 Å². The molecule has 0 aliphatic carbocycles. The van der Waals surface area contributed by atoms with Crippen molar-refractivity contribution in [3.63, 3.8) is 0 Å². The van der Waals surface area contributed by atoms with Gasteiger partial charge in [-0.1, -0.05) is 34.1 Å². The Morgan fingerprint density at radius 2 is 1.77 bits per heavy atom. The van der Waals surface area contributed by atoms with Crippen molar-refractivity contribution in [2.24, 2.45) is 5.41 Å². The first-order chi connectivity index (χ1) is 5.89. The molecule has 76 valence electrons. The molecule has 1 amide bonds. The van der Waals surface area contributed by atoms with Crippen molar-refractivity contribution in [2.75, 3.05) is 6.54 Å². The standard InChI is InChI=1S/C10H19NO2/c1-5-6-7-11-9(13)8(12)10(2,3)4/h5-7H2,1-4H3,(H,11,13). The molecule has 0 bridgehead atoms. The van der Waals surface area contributed by atoms with E-state index in [1.807, 2.05) is 6.92 Å². The lowest BCUT2D eigenvalue weighted by molar-refractivity contribution is -0.142. The zero-order chi connectivity index (χ0) is 10.5. The summed E-state index contributed by atoms with van der Waals surface area (Å²) in [5, 5.41) is 2.60. The molecule has 0 aromatic carbocycles. The largest absolute Gasteiger partial charge is 0.349 e. The summed E-state index contributed by atoms with van der Waals surface area (Å²) in [6, 6.07) is 0. The van der Waals surface area contributed by atoms with Gasteiger partial charge in [0.2, 0.25) is 5.78 Å². The van der Waals surface area contributed by atoms with Crippen LogP contribution in [-0.2, 0) is 9.59 Å². The normalized spacial score (nSPS) is 11.1. The van der Waals surface area contributed by atoms with Crippen LogP contribution in [-0.4, -0.2) is 18.2 Å². The summed E-state index contributed by atoms with van der Waals surface area (Å²) in [5.41, 5.74) is -0.573. The number of ketones is 1. The van der Waals surface area contributed by atoms with Crippen LogP contribution in [0.5, 0.6) is 0 Å². The fraction of sp³-hybridized carbons (Fsp3) is 0.800. The Morgan fingerprint density at radius 3 is 2.15 bits per heavy atom. The van der Waals surface area contributed by atoms with Gasteiger partial charge >= 0.3 is 0 Å². The first-order valence-corrected chi connectivity index (χ1v) is 4.72. The number of hydrogen-bond donors (Lipinski definition) is 1.